The predicted octanol–water partition coefficient (Wildman–Crippen LogP) is 2.30. The van der Waals surface area contributed by atoms with Crippen molar-refractivity contribution in [2.75, 3.05) is 0 Å². The first-order valence-corrected chi connectivity index (χ1v) is 4.91. The number of hydrogen-bond acceptors (Lipinski definition) is 1. The lowest BCUT2D eigenvalue weighted by Gasteiger charge is -2.26. The highest BCUT2D eigenvalue weighted by molar-refractivity contribution is 5.73. The number of rotatable bonds is 2. The van der Waals surface area contributed by atoms with Crippen LogP contribution in [0.1, 0.15) is 33.1 Å². The average Bonchev–Trinajstić information content (AvgIpc) is 2.07. The SMILES string of the molecule is C=C(C)[C@@H]1CCC(C)=C(NC(N)=O)C1. The molecule has 3 nitrogen and oxygen atoms in total. The van der Waals surface area contributed by atoms with E-state index in [1.165, 1.54) is 11.1 Å². The molecule has 0 aromatic carbocycles. The maximum Gasteiger partial charge on any atom is 0.316 e. The van der Waals surface area contributed by atoms with E-state index in [2.05, 4.69) is 11.9 Å². The van der Waals surface area contributed by atoms with Gasteiger partial charge >= 0.3 is 6.03 Å². The smallest absolute Gasteiger partial charge is 0.316 e. The lowest BCUT2D eigenvalue weighted by atomic mass is 9.84. The van der Waals surface area contributed by atoms with Crippen LogP contribution in [0.4, 0.5) is 4.79 Å². The van der Waals surface area contributed by atoms with E-state index in [1.54, 1.807) is 0 Å². The van der Waals surface area contributed by atoms with Crippen LogP contribution in [-0.2, 0) is 0 Å². The fourth-order valence-corrected chi connectivity index (χ4v) is 1.79. The molecule has 0 heterocycles. The van der Waals surface area contributed by atoms with E-state index < -0.39 is 6.03 Å². The molecule has 0 radical (unpaired) electrons. The van der Waals surface area contributed by atoms with Gasteiger partial charge in [0.2, 0.25) is 0 Å². The van der Waals surface area contributed by atoms with Crippen molar-refractivity contribution in [1.29, 1.82) is 0 Å². The molecule has 2 amide bonds. The second kappa shape index (κ2) is 4.31. The summed E-state index contributed by atoms with van der Waals surface area (Å²) < 4.78 is 0. The van der Waals surface area contributed by atoms with Crippen LogP contribution in [0.2, 0.25) is 0 Å². The average molecular weight is 194 g/mol. The van der Waals surface area contributed by atoms with Gasteiger partial charge in [0.15, 0.2) is 0 Å². The Morgan fingerprint density at radius 1 is 1.64 bits per heavy atom. The lowest BCUT2D eigenvalue weighted by molar-refractivity contribution is 0.250. The third-order valence-corrected chi connectivity index (χ3v) is 2.80. The van der Waals surface area contributed by atoms with Crippen LogP contribution in [0.5, 0.6) is 0 Å². The fraction of sp³-hybridized carbons (Fsp3) is 0.545. The van der Waals surface area contributed by atoms with Gasteiger partial charge in [-0.1, -0.05) is 17.7 Å². The van der Waals surface area contributed by atoms with Gasteiger partial charge in [-0.05, 0) is 39.0 Å². The van der Waals surface area contributed by atoms with Crippen molar-refractivity contribution in [1.82, 2.24) is 5.32 Å². The van der Waals surface area contributed by atoms with Crippen LogP contribution in [-0.4, -0.2) is 6.03 Å². The largest absolute Gasteiger partial charge is 0.351 e. The number of primary amides is 1. The number of nitrogens with one attached hydrogen (secondary N) is 1. The molecule has 78 valence electrons. The molecule has 0 saturated carbocycles. The Morgan fingerprint density at radius 3 is 2.79 bits per heavy atom. The lowest BCUT2D eigenvalue weighted by Crippen LogP contribution is -2.31. The number of carbonyl (C=O) groups excluding carboxylic acids is 1. The molecule has 1 rings (SSSR count). The zero-order chi connectivity index (χ0) is 10.7. The van der Waals surface area contributed by atoms with Gasteiger partial charge in [-0.3, -0.25) is 0 Å². The third kappa shape index (κ3) is 2.62. The molecule has 1 aliphatic carbocycles. The molecule has 0 spiro atoms. The van der Waals surface area contributed by atoms with Gasteiger partial charge in [-0.15, -0.1) is 0 Å². The quantitative estimate of drug-likeness (QED) is 0.651. The zero-order valence-corrected chi connectivity index (χ0v) is 8.89. The van der Waals surface area contributed by atoms with Crippen LogP contribution in [0.3, 0.4) is 0 Å². The maximum atomic E-state index is 10.7. The van der Waals surface area contributed by atoms with Crippen molar-refractivity contribution in [2.24, 2.45) is 11.7 Å². The molecule has 3 heteroatoms. The summed E-state index contributed by atoms with van der Waals surface area (Å²) in [5.74, 6) is 0.487. The van der Waals surface area contributed by atoms with E-state index >= 15 is 0 Å². The van der Waals surface area contributed by atoms with E-state index in [9.17, 15) is 4.79 Å². The van der Waals surface area contributed by atoms with Gasteiger partial charge in [0, 0.05) is 5.70 Å². The molecular weight excluding hydrogens is 176 g/mol. The molecule has 3 N–H and O–H groups in total. The molecule has 0 fully saturated rings. The third-order valence-electron chi connectivity index (χ3n) is 2.80. The highest BCUT2D eigenvalue weighted by Gasteiger charge is 2.19. The van der Waals surface area contributed by atoms with Crippen LogP contribution < -0.4 is 11.1 Å². The van der Waals surface area contributed by atoms with Crippen molar-refractivity contribution in [3.63, 3.8) is 0 Å². The normalized spacial score (nSPS) is 22.0. The monoisotopic (exact) mass is 194 g/mol. The fourth-order valence-electron chi connectivity index (χ4n) is 1.79. The molecule has 1 aliphatic rings. The van der Waals surface area contributed by atoms with E-state index in [4.69, 9.17) is 5.73 Å². The van der Waals surface area contributed by atoms with Crippen LogP contribution in [0, 0.1) is 5.92 Å². The molecule has 0 aromatic rings. The van der Waals surface area contributed by atoms with Gasteiger partial charge in [-0.25, -0.2) is 4.79 Å². The Balaban J connectivity index is 2.71. The summed E-state index contributed by atoms with van der Waals surface area (Å²) in [5, 5.41) is 2.69. The van der Waals surface area contributed by atoms with E-state index in [-0.39, 0.29) is 0 Å². The van der Waals surface area contributed by atoms with E-state index in [1.807, 2.05) is 13.8 Å². The summed E-state index contributed by atoms with van der Waals surface area (Å²) in [4.78, 5) is 10.7. The molecule has 0 aliphatic heterocycles. The van der Waals surface area contributed by atoms with Gasteiger partial charge in [0.05, 0.1) is 0 Å². The number of allylic oxidation sites excluding steroid dienone is 3. The Labute approximate surface area is 85.1 Å². The molecule has 0 unspecified atom stereocenters. The Kier molecular flexibility index (Phi) is 3.33. The summed E-state index contributed by atoms with van der Waals surface area (Å²) in [6, 6.07) is -0.471. The number of amides is 2. The Morgan fingerprint density at radius 2 is 2.29 bits per heavy atom. The minimum Gasteiger partial charge on any atom is -0.351 e. The first-order valence-electron chi connectivity index (χ1n) is 4.91. The Hall–Kier alpha value is -1.25. The number of carbonyl (C=O) groups is 1. The minimum atomic E-state index is -0.471. The highest BCUT2D eigenvalue weighted by atomic mass is 16.2. The summed E-state index contributed by atoms with van der Waals surface area (Å²) in [6.07, 6.45) is 3.02. The number of nitrogens with two attached hydrogens (primary N) is 1. The summed E-state index contributed by atoms with van der Waals surface area (Å²) in [6.45, 7) is 8.03. The topological polar surface area (TPSA) is 55.1 Å². The molecule has 14 heavy (non-hydrogen) atoms. The van der Waals surface area contributed by atoms with E-state index in [0.29, 0.717) is 5.92 Å². The molecule has 1 atom stereocenters. The first-order chi connectivity index (χ1) is 6.50. The zero-order valence-electron chi connectivity index (χ0n) is 8.89. The second-order valence-corrected chi connectivity index (χ2v) is 4.03. The highest BCUT2D eigenvalue weighted by Crippen LogP contribution is 2.31. The van der Waals surface area contributed by atoms with Gasteiger partial charge in [-0.2, -0.15) is 0 Å². The predicted molar refractivity (Wildman–Crippen MR) is 57.6 cm³/mol. The first kappa shape index (κ1) is 10.8. The molecule has 0 aromatic heterocycles. The minimum absolute atomic E-state index is 0.471. The van der Waals surface area contributed by atoms with Crippen LogP contribution in [0.15, 0.2) is 23.4 Å². The van der Waals surface area contributed by atoms with Crippen molar-refractivity contribution < 1.29 is 4.79 Å². The molecule has 0 bridgehead atoms. The molecular formula is C11H18N2O. The standard InChI is InChI=1S/C11H18N2O/c1-7(2)9-5-4-8(3)10(6-9)13-11(12)14/h9H,1,4-6H2,2-3H3,(H3,12,13,14)/t9-/m1/s1. The summed E-state index contributed by atoms with van der Waals surface area (Å²) in [7, 11) is 0. The van der Waals surface area contributed by atoms with Gasteiger partial charge in [0.1, 0.15) is 0 Å². The summed E-state index contributed by atoms with van der Waals surface area (Å²) in [5.41, 5.74) is 8.50. The van der Waals surface area contributed by atoms with Crippen molar-refractivity contribution in [3.8, 4) is 0 Å². The van der Waals surface area contributed by atoms with E-state index in [0.717, 1.165) is 25.0 Å². The summed E-state index contributed by atoms with van der Waals surface area (Å²) >= 11 is 0. The van der Waals surface area contributed by atoms with Gasteiger partial charge in [0.25, 0.3) is 0 Å². The number of urea groups is 1. The second-order valence-electron chi connectivity index (χ2n) is 4.03. The Bertz CT molecular complexity index is 292. The molecule has 0 saturated heterocycles. The van der Waals surface area contributed by atoms with Crippen molar-refractivity contribution >= 4 is 6.03 Å². The van der Waals surface area contributed by atoms with Gasteiger partial charge < -0.3 is 11.1 Å². The van der Waals surface area contributed by atoms with Crippen molar-refractivity contribution in [2.45, 2.75) is 33.1 Å². The van der Waals surface area contributed by atoms with Crippen molar-refractivity contribution in [3.05, 3.63) is 23.4 Å². The maximum absolute atomic E-state index is 10.7. The van der Waals surface area contributed by atoms with Crippen LogP contribution >= 0.6 is 0 Å². The van der Waals surface area contributed by atoms with Crippen LogP contribution in [0.25, 0.3) is 0 Å². The number of hydrogen-bond donors (Lipinski definition) is 2.